The van der Waals surface area contributed by atoms with Gasteiger partial charge in [-0.05, 0) is 102 Å². The zero-order valence-electron chi connectivity index (χ0n) is 56.0. The summed E-state index contributed by atoms with van der Waals surface area (Å²) >= 11 is 0. The summed E-state index contributed by atoms with van der Waals surface area (Å²) in [5, 5.41) is 2.99. The number of rotatable bonds is 63. The molecule has 0 aromatic rings. The molecule has 0 aliphatic rings. The Labute approximate surface area is 525 Å². The van der Waals surface area contributed by atoms with Gasteiger partial charge in [-0.15, -0.1) is 0 Å². The number of phosphoric acid groups is 1. The number of hydrogen-bond donors (Lipinski definition) is 1. The van der Waals surface area contributed by atoms with Crippen molar-refractivity contribution in [3.05, 3.63) is 109 Å². The van der Waals surface area contributed by atoms with Gasteiger partial charge in [0, 0.05) is 12.8 Å². The second-order valence-electron chi connectivity index (χ2n) is 24.6. The van der Waals surface area contributed by atoms with Gasteiger partial charge >= 0.3 is 5.97 Å². The zero-order valence-corrected chi connectivity index (χ0v) is 56.9. The molecule has 0 radical (unpaired) electrons. The summed E-state index contributed by atoms with van der Waals surface area (Å²) in [4.78, 5) is 40.1. The van der Waals surface area contributed by atoms with Crippen LogP contribution in [0.1, 0.15) is 303 Å². The second kappa shape index (κ2) is 63.7. The molecule has 0 aromatic carbocycles. The highest BCUT2D eigenvalue weighted by Gasteiger charge is 2.27. The van der Waals surface area contributed by atoms with Gasteiger partial charge in [-0.2, -0.15) is 0 Å². The fraction of sp³-hybridized carbons (Fsp3) is 0.733. The summed E-state index contributed by atoms with van der Waals surface area (Å²) in [5.41, 5.74) is 0. The first-order chi connectivity index (χ1) is 41.4. The average Bonchev–Trinajstić information content (AvgIpc) is 3.50. The lowest BCUT2D eigenvalue weighted by Crippen LogP contribution is -2.47. The molecule has 3 unspecified atom stereocenters. The van der Waals surface area contributed by atoms with Crippen LogP contribution < -0.4 is 10.2 Å². The zero-order chi connectivity index (χ0) is 62.1. The third kappa shape index (κ3) is 65.0. The van der Waals surface area contributed by atoms with Gasteiger partial charge in [-0.3, -0.25) is 14.2 Å². The lowest BCUT2D eigenvalue weighted by Gasteiger charge is -2.30. The molecule has 490 valence electrons. The summed E-state index contributed by atoms with van der Waals surface area (Å²) < 4.78 is 30.4. The molecule has 0 bridgehead atoms. The van der Waals surface area contributed by atoms with E-state index < -0.39 is 26.6 Å². The Hall–Kier alpha value is -3.33. The topological polar surface area (TPSA) is 114 Å². The quantitative estimate of drug-likeness (QED) is 0.0212. The number of phosphoric ester groups is 1. The van der Waals surface area contributed by atoms with Crippen LogP contribution >= 0.6 is 7.82 Å². The molecule has 1 N–H and O–H groups in total. The average molecular weight is 1210 g/mol. The van der Waals surface area contributed by atoms with E-state index in [0.29, 0.717) is 17.4 Å². The summed E-state index contributed by atoms with van der Waals surface area (Å²) in [6.07, 6.45) is 88.1. The number of carbonyl (C=O) groups excluding carboxylic acids is 2. The van der Waals surface area contributed by atoms with Crippen molar-refractivity contribution in [3.8, 4) is 0 Å². The van der Waals surface area contributed by atoms with Crippen molar-refractivity contribution in [3.63, 3.8) is 0 Å². The highest BCUT2D eigenvalue weighted by Crippen LogP contribution is 2.38. The van der Waals surface area contributed by atoms with Gasteiger partial charge in [0.2, 0.25) is 5.91 Å². The first-order valence-electron chi connectivity index (χ1n) is 35.2. The highest BCUT2D eigenvalue weighted by atomic mass is 31.2. The number of quaternary nitrogens is 1. The van der Waals surface area contributed by atoms with Crippen LogP contribution in [0, 0.1) is 0 Å². The van der Waals surface area contributed by atoms with E-state index in [4.69, 9.17) is 13.8 Å². The maximum Gasteiger partial charge on any atom is 0.306 e. The minimum Gasteiger partial charge on any atom is -0.756 e. The number of nitrogens with zero attached hydrogens (tertiary/aromatic N) is 1. The van der Waals surface area contributed by atoms with Crippen LogP contribution in [0.3, 0.4) is 0 Å². The molecule has 0 spiro atoms. The molecule has 85 heavy (non-hydrogen) atoms. The smallest absolute Gasteiger partial charge is 0.306 e. The van der Waals surface area contributed by atoms with Crippen LogP contribution in [0.15, 0.2) is 109 Å². The van der Waals surface area contributed by atoms with Crippen molar-refractivity contribution in [2.45, 2.75) is 315 Å². The van der Waals surface area contributed by atoms with Crippen molar-refractivity contribution in [2.24, 2.45) is 0 Å². The van der Waals surface area contributed by atoms with Crippen LogP contribution in [0.5, 0.6) is 0 Å². The van der Waals surface area contributed by atoms with Gasteiger partial charge in [0.1, 0.15) is 19.3 Å². The number of allylic oxidation sites excluding steroid dienone is 17. The van der Waals surface area contributed by atoms with Crippen LogP contribution in [0.25, 0.3) is 0 Å². The van der Waals surface area contributed by atoms with Crippen LogP contribution in [0.2, 0.25) is 0 Å². The number of unbranched alkanes of at least 4 members (excludes halogenated alkanes) is 31. The maximum atomic E-state index is 13.5. The molecule has 0 rings (SSSR count). The van der Waals surface area contributed by atoms with Gasteiger partial charge in [-0.1, -0.05) is 297 Å². The number of carbonyl (C=O) groups is 2. The van der Waals surface area contributed by atoms with E-state index in [-0.39, 0.29) is 31.3 Å². The molecule has 0 aliphatic carbocycles. The predicted octanol–water partition coefficient (Wildman–Crippen LogP) is 21.8. The van der Waals surface area contributed by atoms with E-state index in [1.165, 1.54) is 180 Å². The molecule has 1 amide bonds. The van der Waals surface area contributed by atoms with E-state index in [0.717, 1.165) is 83.5 Å². The van der Waals surface area contributed by atoms with E-state index in [2.05, 4.69) is 111 Å². The molecule has 0 heterocycles. The van der Waals surface area contributed by atoms with Crippen LogP contribution in [-0.4, -0.2) is 69.4 Å². The molecule has 0 aromatic heterocycles. The summed E-state index contributed by atoms with van der Waals surface area (Å²) in [6.45, 7) is 6.67. The van der Waals surface area contributed by atoms with Gasteiger partial charge in [0.15, 0.2) is 0 Å². The third-order valence-electron chi connectivity index (χ3n) is 15.2. The monoisotopic (exact) mass is 1200 g/mol. The van der Waals surface area contributed by atoms with Crippen molar-refractivity contribution >= 4 is 19.7 Å². The molecule has 0 saturated heterocycles. The SMILES string of the molecule is CC/C=C\C/C=C\C/C=C\C/C=C\C/C=C\C/C=C\CCC(=O)NC(COP(=O)([O-])OCC[N+](C)(C)C)C(/C=C\CCCCCCCCCCCCC)OC(=O)CCCCCCCCCCCCCCCCCCC/C=C\C/C=C\CCCCC. The van der Waals surface area contributed by atoms with E-state index in [1.54, 1.807) is 0 Å². The minimum absolute atomic E-state index is 0.0396. The van der Waals surface area contributed by atoms with Crippen LogP contribution in [0.4, 0.5) is 0 Å². The molecule has 0 saturated carbocycles. The molecule has 0 fully saturated rings. The maximum absolute atomic E-state index is 13.5. The lowest BCUT2D eigenvalue weighted by atomic mass is 10.0. The van der Waals surface area contributed by atoms with E-state index >= 15 is 0 Å². The molecular weight excluding hydrogens is 1070 g/mol. The Morgan fingerprint density at radius 2 is 0.765 bits per heavy atom. The number of amides is 1. The highest BCUT2D eigenvalue weighted by molar-refractivity contribution is 7.45. The molecule has 10 heteroatoms. The van der Waals surface area contributed by atoms with Gasteiger partial charge in [0.05, 0.1) is 33.8 Å². The number of esters is 1. The molecule has 9 nitrogen and oxygen atoms in total. The van der Waals surface area contributed by atoms with E-state index in [9.17, 15) is 19.0 Å². The van der Waals surface area contributed by atoms with Crippen molar-refractivity contribution in [1.29, 1.82) is 0 Å². The van der Waals surface area contributed by atoms with Crippen molar-refractivity contribution in [2.75, 3.05) is 40.9 Å². The number of likely N-dealkylation sites (N-methyl/N-ethyl adjacent to an activating group) is 1. The first-order valence-corrected chi connectivity index (χ1v) is 36.7. The predicted molar refractivity (Wildman–Crippen MR) is 367 cm³/mol. The molecule has 0 aliphatic heterocycles. The Balaban J connectivity index is 5.15. The van der Waals surface area contributed by atoms with Gasteiger partial charge < -0.3 is 28.5 Å². The second-order valence-corrected chi connectivity index (χ2v) is 26.1. The Bertz CT molecular complexity index is 1820. The van der Waals surface area contributed by atoms with Crippen molar-refractivity contribution in [1.82, 2.24) is 5.32 Å². The largest absolute Gasteiger partial charge is 0.756 e. The van der Waals surface area contributed by atoms with E-state index in [1.807, 2.05) is 45.4 Å². The number of ether oxygens (including phenoxy) is 1. The third-order valence-corrected chi connectivity index (χ3v) is 16.2. The van der Waals surface area contributed by atoms with Gasteiger partial charge in [-0.25, -0.2) is 0 Å². The fourth-order valence-electron chi connectivity index (χ4n) is 9.81. The van der Waals surface area contributed by atoms with Crippen molar-refractivity contribution < 1.29 is 37.3 Å². The number of nitrogens with one attached hydrogen (secondary N) is 1. The normalized spacial score (nSPS) is 14.2. The first kappa shape index (κ1) is 81.7. The van der Waals surface area contributed by atoms with Gasteiger partial charge in [0.25, 0.3) is 7.82 Å². The Morgan fingerprint density at radius 1 is 0.424 bits per heavy atom. The summed E-state index contributed by atoms with van der Waals surface area (Å²) in [7, 11) is 1.13. The fourth-order valence-corrected chi connectivity index (χ4v) is 10.5. The lowest BCUT2D eigenvalue weighted by molar-refractivity contribution is -0.870. The molecular formula is C75H133N2O7P. The Morgan fingerprint density at radius 3 is 1.18 bits per heavy atom. The summed E-state index contributed by atoms with van der Waals surface area (Å²) in [5.74, 6) is -0.635. The Kier molecular flexibility index (Phi) is 61.2. The summed E-state index contributed by atoms with van der Waals surface area (Å²) in [6, 6.07) is -0.935. The standard InChI is InChI=1S/C75H133N2O7P/c1-7-10-13-16-19-22-25-28-30-32-34-35-36-37-38-39-40-41-43-45-47-50-53-56-59-62-65-68-75(79)84-73(66-63-60-57-54-51-48-27-24-21-18-15-12-9-3)72(71-83-85(80,81)82-70-69-77(4,5)6)76-74(78)67-64-61-58-55-52-49-46-44-42-33-31-29-26-23-20-17-14-11-8-2/h11,14,19-20,22-23,28-31,42,44,49,52,58,61,63,66,72-73H,7-10,12-13,15-18,21,24-27,32-41,43,45-48,50-51,53-57,59-60,62,64-65,67-71H2,1-6H3,(H-,76,78,80,81)/b14-11-,22-19-,23-20-,30-28-,31-29-,44-42-,52-49-,61-58-,66-63-. The van der Waals surface area contributed by atoms with Crippen LogP contribution in [-0.2, 0) is 27.9 Å². The number of hydrogen-bond acceptors (Lipinski definition) is 7. The molecule has 3 atom stereocenters. The minimum atomic E-state index is -4.73.